The molecule has 0 saturated heterocycles. The average Bonchev–Trinajstić information content (AvgIpc) is 2.70. The van der Waals surface area contributed by atoms with Gasteiger partial charge in [-0.1, -0.05) is 101 Å². The summed E-state index contributed by atoms with van der Waals surface area (Å²) in [7, 11) is 2.92. The van der Waals surface area contributed by atoms with Gasteiger partial charge in [-0.15, -0.1) is 0 Å². The number of aliphatic hydroxyl groups is 4. The van der Waals surface area contributed by atoms with Crippen molar-refractivity contribution in [1.29, 1.82) is 0 Å². The molecule has 1 fully saturated rings. The first-order valence-electron chi connectivity index (χ1n) is 10.0. The highest BCUT2D eigenvalue weighted by molar-refractivity contribution is 6.24. The first kappa shape index (κ1) is 59.2. The Bertz CT molecular complexity index is 1140. The van der Waals surface area contributed by atoms with Crippen LogP contribution in [0.1, 0.15) is 106 Å². The Hall–Kier alpha value is -3.21. The lowest BCUT2D eigenvalue weighted by atomic mass is 9.54. The van der Waals surface area contributed by atoms with Gasteiger partial charge >= 0.3 is 0 Å². The molecule has 43 heavy (non-hydrogen) atoms. The van der Waals surface area contributed by atoms with Gasteiger partial charge in [-0.25, -0.2) is 0 Å². The molecule has 1 amide bonds. The van der Waals surface area contributed by atoms with Gasteiger partial charge in [-0.3, -0.25) is 19.3 Å². The van der Waals surface area contributed by atoms with Crippen LogP contribution in [0.5, 0.6) is 5.75 Å². The zero-order valence-electron chi connectivity index (χ0n) is 17.6. The maximum absolute atomic E-state index is 13.7. The normalized spacial score (nSPS) is 25.6. The number of carbonyl (C=O) groups is 3. The van der Waals surface area contributed by atoms with Crippen molar-refractivity contribution in [1.82, 2.24) is 4.90 Å². The number of hydrogen-bond acceptors (Lipinski definition) is 9. The van der Waals surface area contributed by atoms with E-state index in [1.54, 1.807) is 19.1 Å². The molecule has 6 atom stereocenters. The highest BCUT2D eigenvalue weighted by Crippen LogP contribution is 2.55. The van der Waals surface area contributed by atoms with E-state index in [-0.39, 0.29) is 93.0 Å². The van der Waals surface area contributed by atoms with Gasteiger partial charge in [0, 0.05) is 11.5 Å². The molecular weight excluding hydrogens is 552 g/mol. The number of carbonyl (C=O) groups excluding carboxylic acids is 3. The third-order valence-corrected chi connectivity index (χ3v) is 6.99. The van der Waals surface area contributed by atoms with Crippen LogP contribution in [0.3, 0.4) is 0 Å². The van der Waals surface area contributed by atoms with Crippen molar-refractivity contribution in [2.24, 2.45) is 17.6 Å². The molecule has 1 saturated carbocycles. The zero-order valence-corrected chi connectivity index (χ0v) is 17.6. The second-order valence-electron chi connectivity index (χ2n) is 8.79. The standard InChI is InChI=1S/C22H24N2O8.11CH4/c1-7-8-5-4-6-9(25)11(8)16(26)12-10(7)17(27)14-15(24(2)3)18(28)13(21(23)31)20(30)22(14,32)19(12)29;;;;;;;;;;;/h4-7,10,14-15,17,25-27,30,32H,1-3H3,(H2,23,31);11*1H4. The molecule has 7 N–H and O–H groups in total. The van der Waals surface area contributed by atoms with Crippen molar-refractivity contribution in [2.75, 3.05) is 14.1 Å². The molecule has 3 aliphatic rings. The van der Waals surface area contributed by atoms with Gasteiger partial charge in [-0.2, -0.15) is 0 Å². The second kappa shape index (κ2) is 19.1. The third kappa shape index (κ3) is 7.30. The number of aromatic hydroxyl groups is 1. The summed E-state index contributed by atoms with van der Waals surface area (Å²) in [6.07, 6.45) is -1.59. The van der Waals surface area contributed by atoms with Crippen molar-refractivity contribution >= 4 is 23.2 Å². The molecule has 1 aromatic carbocycles. The van der Waals surface area contributed by atoms with Gasteiger partial charge in [0.25, 0.3) is 5.91 Å². The third-order valence-electron chi connectivity index (χ3n) is 6.99. The lowest BCUT2D eigenvalue weighted by molar-refractivity contribution is -0.169. The highest BCUT2D eigenvalue weighted by atomic mass is 16.4. The van der Waals surface area contributed by atoms with E-state index < -0.39 is 75.6 Å². The summed E-state index contributed by atoms with van der Waals surface area (Å²) in [5, 5.41) is 54.9. The maximum atomic E-state index is 13.7. The van der Waals surface area contributed by atoms with E-state index in [0.29, 0.717) is 5.56 Å². The number of ketones is 2. The van der Waals surface area contributed by atoms with Gasteiger partial charge in [0.1, 0.15) is 22.8 Å². The van der Waals surface area contributed by atoms with Gasteiger partial charge in [0.05, 0.1) is 23.6 Å². The molecular formula is C33H68N2O8. The minimum absolute atomic E-state index is 0. The Labute approximate surface area is 264 Å². The second-order valence-corrected chi connectivity index (χ2v) is 8.79. The van der Waals surface area contributed by atoms with E-state index >= 15 is 0 Å². The van der Waals surface area contributed by atoms with Crippen LogP contribution in [-0.4, -0.2) is 79.7 Å². The predicted molar refractivity (Wildman–Crippen MR) is 184 cm³/mol. The van der Waals surface area contributed by atoms with Gasteiger partial charge in [-0.05, 0) is 31.6 Å². The van der Waals surface area contributed by atoms with Crippen molar-refractivity contribution in [3.05, 3.63) is 46.2 Å². The van der Waals surface area contributed by atoms with Crippen molar-refractivity contribution in [3.63, 3.8) is 0 Å². The number of hydrogen-bond donors (Lipinski definition) is 6. The number of amides is 1. The topological polar surface area (TPSA) is 182 Å². The zero-order chi connectivity index (χ0) is 23.9. The number of likely N-dealkylation sites (N-methyl/N-ethyl adjacent to an activating group) is 1. The SMILES string of the molecule is C.C.C.C.C.C.C.C.C.C.C.CC1c2cccc(O)c2C(O)=C2C(=O)C3(O)C(O)=C(C(N)=O)C(=O)C(N(C)C)C3C(O)C21. The fourth-order valence-electron chi connectivity index (χ4n) is 5.58. The van der Waals surface area contributed by atoms with Crippen LogP contribution in [0.25, 0.3) is 5.76 Å². The Balaban J connectivity index is -0.000000186. The number of fused-ring (bicyclic) bond motifs is 3. The smallest absolute Gasteiger partial charge is 0.255 e. The van der Waals surface area contributed by atoms with E-state index in [9.17, 15) is 39.9 Å². The van der Waals surface area contributed by atoms with Gasteiger partial charge < -0.3 is 31.3 Å². The van der Waals surface area contributed by atoms with Gasteiger partial charge in [0.15, 0.2) is 11.4 Å². The molecule has 0 radical (unpaired) electrons. The number of nitrogens with two attached hydrogens (primary N) is 1. The minimum atomic E-state index is -2.89. The summed E-state index contributed by atoms with van der Waals surface area (Å²) in [6.45, 7) is 1.68. The van der Waals surface area contributed by atoms with Crippen molar-refractivity contribution in [3.8, 4) is 5.75 Å². The molecule has 10 heteroatoms. The Morgan fingerprint density at radius 2 is 1.35 bits per heavy atom. The van der Waals surface area contributed by atoms with E-state index in [0.717, 1.165) is 0 Å². The molecule has 258 valence electrons. The van der Waals surface area contributed by atoms with E-state index in [1.165, 1.54) is 25.1 Å². The van der Waals surface area contributed by atoms with E-state index in [1.807, 2.05) is 0 Å². The number of nitrogens with zero attached hydrogens (tertiary/aromatic N) is 1. The van der Waals surface area contributed by atoms with E-state index in [2.05, 4.69) is 0 Å². The number of rotatable bonds is 2. The van der Waals surface area contributed by atoms with Crippen LogP contribution >= 0.6 is 0 Å². The Morgan fingerprint density at radius 3 is 1.77 bits per heavy atom. The van der Waals surface area contributed by atoms with E-state index in [4.69, 9.17) is 5.73 Å². The molecule has 0 aromatic heterocycles. The van der Waals surface area contributed by atoms with Crippen LogP contribution in [-0.2, 0) is 14.4 Å². The summed E-state index contributed by atoms with van der Waals surface area (Å²) in [5.41, 5.74) is 1.47. The number of benzene rings is 1. The monoisotopic (exact) mass is 620 g/mol. The average molecular weight is 621 g/mol. The first-order valence-corrected chi connectivity index (χ1v) is 10.0. The first-order chi connectivity index (χ1) is 14.9. The lowest BCUT2D eigenvalue weighted by Gasteiger charge is -2.53. The number of Topliss-reactive ketones (excluding diaryl/α,β-unsaturated/α-hetero) is 2. The van der Waals surface area contributed by atoms with Crippen molar-refractivity contribution in [2.45, 2.75) is 112 Å². The van der Waals surface area contributed by atoms with Crippen LogP contribution in [0.15, 0.2) is 35.1 Å². The van der Waals surface area contributed by atoms with Crippen molar-refractivity contribution < 1.29 is 39.9 Å². The quantitative estimate of drug-likeness (QED) is 0.201. The molecule has 0 aliphatic heterocycles. The number of phenols is 1. The number of phenolic OH excluding ortho intramolecular Hbond substituents is 1. The molecule has 6 unspecified atom stereocenters. The summed E-state index contributed by atoms with van der Waals surface area (Å²) in [4.78, 5) is 40.0. The fraction of sp³-hybridized carbons (Fsp3) is 0.606. The fourth-order valence-corrected chi connectivity index (χ4v) is 5.58. The summed E-state index contributed by atoms with van der Waals surface area (Å²) < 4.78 is 0. The number of aliphatic hydroxyl groups excluding tert-OH is 3. The summed E-state index contributed by atoms with van der Waals surface area (Å²) in [6, 6.07) is 3.13. The predicted octanol–water partition coefficient (Wildman–Crippen LogP) is 6.49. The van der Waals surface area contributed by atoms with Crippen LogP contribution in [0.2, 0.25) is 0 Å². The molecule has 10 nitrogen and oxygen atoms in total. The lowest BCUT2D eigenvalue weighted by Crippen LogP contribution is -2.70. The highest BCUT2D eigenvalue weighted by Gasteiger charge is 2.68. The van der Waals surface area contributed by atoms with Crippen LogP contribution in [0.4, 0.5) is 0 Å². The molecule has 3 aliphatic carbocycles. The van der Waals surface area contributed by atoms with Crippen LogP contribution < -0.4 is 5.73 Å². The summed E-state index contributed by atoms with van der Waals surface area (Å²) >= 11 is 0. The minimum Gasteiger partial charge on any atom is -0.508 e. The molecule has 0 heterocycles. The molecule has 0 bridgehead atoms. The Kier molecular flexibility index (Phi) is 26.4. The largest absolute Gasteiger partial charge is 0.508 e. The molecule has 0 spiro atoms. The van der Waals surface area contributed by atoms with Crippen LogP contribution in [0, 0.1) is 11.8 Å². The Morgan fingerprint density at radius 1 is 0.884 bits per heavy atom. The molecule has 4 rings (SSSR count). The summed E-state index contributed by atoms with van der Waals surface area (Å²) in [5.74, 6) is -8.87. The number of primary amides is 1. The van der Waals surface area contributed by atoms with Gasteiger partial charge in [0.2, 0.25) is 5.78 Å². The molecule has 1 aromatic rings. The maximum Gasteiger partial charge on any atom is 0.255 e.